The lowest BCUT2D eigenvalue weighted by Gasteiger charge is -2.37. The zero-order valence-corrected chi connectivity index (χ0v) is 21.2. The van der Waals surface area contributed by atoms with E-state index in [9.17, 15) is 14.9 Å². The highest BCUT2D eigenvalue weighted by Crippen LogP contribution is 2.38. The minimum atomic E-state index is -1.15. The summed E-state index contributed by atoms with van der Waals surface area (Å²) in [6, 6.07) is 5.09. The molecule has 178 valence electrons. The fraction of sp³-hybridized carbons (Fsp3) is 0.560. The number of nitriles is 1. The third-order valence-corrected chi connectivity index (χ3v) is 7.03. The van der Waals surface area contributed by atoms with Crippen molar-refractivity contribution >= 4 is 45.9 Å². The topological polar surface area (TPSA) is 97.8 Å². The molecule has 1 aromatic heterocycles. The zero-order valence-electron chi connectivity index (χ0n) is 19.6. The lowest BCUT2D eigenvalue weighted by atomic mass is 9.78. The van der Waals surface area contributed by atoms with Gasteiger partial charge in [0.25, 0.3) is 0 Å². The van der Waals surface area contributed by atoms with E-state index in [2.05, 4.69) is 21.7 Å². The Hall–Kier alpha value is -2.23. The molecule has 1 aliphatic carbocycles. The molecular weight excluding hydrogens is 459 g/mol. The van der Waals surface area contributed by atoms with Gasteiger partial charge in [0, 0.05) is 28.9 Å². The minimum Gasteiger partial charge on any atom is -0.357 e. The first kappa shape index (κ1) is 25.4. The highest BCUT2D eigenvalue weighted by atomic mass is 35.5. The maximum absolute atomic E-state index is 13.6. The van der Waals surface area contributed by atoms with Crippen LogP contribution in [0.25, 0.3) is 10.9 Å². The van der Waals surface area contributed by atoms with Gasteiger partial charge in [-0.1, -0.05) is 57.3 Å². The van der Waals surface area contributed by atoms with E-state index in [1.54, 1.807) is 6.07 Å². The lowest BCUT2D eigenvalue weighted by molar-refractivity contribution is -0.135. The van der Waals surface area contributed by atoms with Gasteiger partial charge >= 0.3 is 0 Å². The third kappa shape index (κ3) is 5.65. The Balaban J connectivity index is 1.99. The molecule has 1 aromatic carbocycles. The Kier molecular flexibility index (Phi) is 7.97. The van der Waals surface area contributed by atoms with E-state index >= 15 is 0 Å². The summed E-state index contributed by atoms with van der Waals surface area (Å²) in [6.45, 7) is 8.07. The average Bonchev–Trinajstić information content (AvgIpc) is 3.10. The number of H-pyrrole nitrogens is 1. The summed E-state index contributed by atoms with van der Waals surface area (Å²) in [6.07, 6.45) is 3.06. The van der Waals surface area contributed by atoms with Gasteiger partial charge in [-0.25, -0.2) is 0 Å². The second-order valence-electron chi connectivity index (χ2n) is 9.70. The summed E-state index contributed by atoms with van der Waals surface area (Å²) in [4.78, 5) is 29.9. The molecule has 1 heterocycles. The van der Waals surface area contributed by atoms with Gasteiger partial charge in [-0.15, -0.1) is 0 Å². The van der Waals surface area contributed by atoms with Crippen molar-refractivity contribution in [1.82, 2.24) is 15.6 Å². The number of nitrogens with zero attached hydrogens (tertiary/aromatic N) is 1. The average molecular weight is 491 g/mol. The molecule has 6 nitrogen and oxygen atoms in total. The Morgan fingerprint density at radius 3 is 2.64 bits per heavy atom. The molecule has 3 atom stereocenters. The van der Waals surface area contributed by atoms with Crippen molar-refractivity contribution < 1.29 is 9.59 Å². The van der Waals surface area contributed by atoms with E-state index < -0.39 is 11.6 Å². The molecule has 0 spiro atoms. The lowest BCUT2D eigenvalue weighted by Crippen LogP contribution is -2.63. The number of aryl methyl sites for hydroxylation is 1. The molecule has 0 radical (unpaired) electrons. The first-order chi connectivity index (χ1) is 15.6. The summed E-state index contributed by atoms with van der Waals surface area (Å²) in [5, 5.41) is 17.4. The fourth-order valence-corrected chi connectivity index (χ4v) is 5.06. The van der Waals surface area contributed by atoms with Crippen molar-refractivity contribution in [2.45, 2.75) is 77.8 Å². The number of amides is 2. The molecule has 1 aliphatic rings. The van der Waals surface area contributed by atoms with E-state index in [-0.39, 0.29) is 23.7 Å². The number of carbonyl (C=O) groups excluding carboxylic acids is 2. The second-order valence-corrected chi connectivity index (χ2v) is 10.5. The molecular formula is C25H32Cl2N4O2. The van der Waals surface area contributed by atoms with Gasteiger partial charge in [0.15, 0.2) is 0 Å². The number of hydrogen-bond donors (Lipinski definition) is 3. The Morgan fingerprint density at radius 2 is 2.00 bits per heavy atom. The van der Waals surface area contributed by atoms with Crippen LogP contribution in [0.1, 0.15) is 64.6 Å². The minimum absolute atomic E-state index is 0.156. The van der Waals surface area contributed by atoms with Gasteiger partial charge in [-0.2, -0.15) is 5.26 Å². The van der Waals surface area contributed by atoms with Crippen molar-refractivity contribution in [3.8, 4) is 6.07 Å². The van der Waals surface area contributed by atoms with Crippen LogP contribution in [0.15, 0.2) is 12.1 Å². The van der Waals surface area contributed by atoms with Gasteiger partial charge in [0.1, 0.15) is 11.6 Å². The summed E-state index contributed by atoms with van der Waals surface area (Å²) >= 11 is 12.7. The highest BCUT2D eigenvalue weighted by Gasteiger charge is 2.44. The normalized spacial score (nSPS) is 19.6. The molecule has 3 N–H and O–H groups in total. The molecule has 2 aromatic rings. The summed E-state index contributed by atoms with van der Waals surface area (Å²) in [7, 11) is 0. The van der Waals surface area contributed by atoms with Gasteiger partial charge in [0.2, 0.25) is 11.8 Å². The Labute approximate surface area is 205 Å². The number of fused-ring (bicyclic) bond motifs is 3. The van der Waals surface area contributed by atoms with Crippen LogP contribution in [0.2, 0.25) is 10.0 Å². The predicted octanol–water partition coefficient (Wildman–Crippen LogP) is 5.31. The van der Waals surface area contributed by atoms with Gasteiger partial charge in [-0.05, 0) is 48.8 Å². The summed E-state index contributed by atoms with van der Waals surface area (Å²) < 4.78 is 0. The largest absolute Gasteiger partial charge is 0.357 e. The van der Waals surface area contributed by atoms with Crippen LogP contribution in [-0.2, 0) is 22.4 Å². The zero-order chi connectivity index (χ0) is 24.3. The van der Waals surface area contributed by atoms with Crippen LogP contribution >= 0.6 is 23.2 Å². The molecule has 0 fully saturated rings. The monoisotopic (exact) mass is 490 g/mol. The maximum atomic E-state index is 13.6. The second kappa shape index (κ2) is 10.4. The SMILES string of the molecule is CC[C@@H](C)CC(=O)N[C@]1(C(=O)N[C@H](C#N)CC(C)C)CCc2[nH]c3c(Cl)cc(Cl)cc3c2C1. The molecule has 0 aliphatic heterocycles. The number of benzene rings is 1. The number of rotatable bonds is 8. The molecule has 2 amide bonds. The molecule has 0 bridgehead atoms. The number of aromatic nitrogens is 1. The van der Waals surface area contributed by atoms with Gasteiger partial charge in [-0.3, -0.25) is 9.59 Å². The molecule has 0 saturated heterocycles. The van der Waals surface area contributed by atoms with Crippen LogP contribution in [0, 0.1) is 23.2 Å². The van der Waals surface area contributed by atoms with E-state index in [0.29, 0.717) is 42.1 Å². The van der Waals surface area contributed by atoms with Crippen LogP contribution in [0.5, 0.6) is 0 Å². The summed E-state index contributed by atoms with van der Waals surface area (Å²) in [5.41, 5.74) is 1.56. The van der Waals surface area contributed by atoms with Gasteiger partial charge < -0.3 is 15.6 Å². The summed E-state index contributed by atoms with van der Waals surface area (Å²) in [5.74, 6) is -0.0129. The quantitative estimate of drug-likeness (QED) is 0.467. The van der Waals surface area contributed by atoms with Gasteiger partial charge in [0.05, 0.1) is 16.6 Å². The Morgan fingerprint density at radius 1 is 1.27 bits per heavy atom. The van der Waals surface area contributed by atoms with Crippen molar-refractivity contribution in [3.05, 3.63) is 33.4 Å². The molecule has 0 saturated carbocycles. The number of nitrogens with one attached hydrogen (secondary N) is 3. The van der Waals surface area contributed by atoms with E-state index in [0.717, 1.165) is 28.6 Å². The molecule has 3 rings (SSSR count). The van der Waals surface area contributed by atoms with E-state index in [1.165, 1.54) is 0 Å². The standard InChI is InChI=1S/C25H32Cl2N4O2/c1-5-15(4)9-22(32)31-25(24(33)29-17(13-28)8-14(2)3)7-6-21-19(12-25)18-10-16(26)11-20(27)23(18)30-21/h10-11,14-15,17,30H,5-9,12H2,1-4H3,(H,29,33)(H,31,32)/t15-,17+,25-/m1/s1. The number of hydrogen-bond acceptors (Lipinski definition) is 3. The van der Waals surface area contributed by atoms with Crippen LogP contribution in [0.4, 0.5) is 0 Å². The van der Waals surface area contributed by atoms with E-state index in [4.69, 9.17) is 23.2 Å². The molecule has 0 unspecified atom stereocenters. The van der Waals surface area contributed by atoms with Crippen molar-refractivity contribution in [2.24, 2.45) is 11.8 Å². The van der Waals surface area contributed by atoms with Crippen LogP contribution in [-0.4, -0.2) is 28.4 Å². The van der Waals surface area contributed by atoms with Crippen molar-refractivity contribution in [1.29, 1.82) is 5.26 Å². The predicted molar refractivity (Wildman–Crippen MR) is 132 cm³/mol. The third-order valence-electron chi connectivity index (χ3n) is 6.51. The maximum Gasteiger partial charge on any atom is 0.247 e. The van der Waals surface area contributed by atoms with E-state index in [1.807, 2.05) is 33.8 Å². The van der Waals surface area contributed by atoms with Crippen molar-refractivity contribution in [3.63, 3.8) is 0 Å². The number of halogens is 2. The van der Waals surface area contributed by atoms with Crippen LogP contribution in [0.3, 0.4) is 0 Å². The number of carbonyl (C=O) groups is 2. The smallest absolute Gasteiger partial charge is 0.247 e. The number of aromatic amines is 1. The Bertz CT molecular complexity index is 1090. The first-order valence-corrected chi connectivity index (χ1v) is 12.3. The highest BCUT2D eigenvalue weighted by molar-refractivity contribution is 6.38. The fourth-order valence-electron chi connectivity index (χ4n) is 4.52. The first-order valence-electron chi connectivity index (χ1n) is 11.6. The van der Waals surface area contributed by atoms with Crippen LogP contribution < -0.4 is 10.6 Å². The molecule has 8 heteroatoms. The molecule has 33 heavy (non-hydrogen) atoms. The van der Waals surface area contributed by atoms with Crippen molar-refractivity contribution in [2.75, 3.05) is 0 Å².